The third-order valence-corrected chi connectivity index (χ3v) is 4.35. The predicted molar refractivity (Wildman–Crippen MR) is 93.5 cm³/mol. The fraction of sp³-hybridized carbons (Fsp3) is 0.278. The number of carbonyl (C=O) groups excluding carboxylic acids is 1. The van der Waals surface area contributed by atoms with Crippen LogP contribution >= 0.6 is 11.8 Å². The summed E-state index contributed by atoms with van der Waals surface area (Å²) in [6, 6.07) is 18.4. The number of aryl methyl sites for hydroxylation is 1. The highest BCUT2D eigenvalue weighted by molar-refractivity contribution is 7.99. The van der Waals surface area contributed by atoms with Gasteiger partial charge in [0, 0.05) is 23.7 Å². The van der Waals surface area contributed by atoms with Crippen molar-refractivity contribution >= 4 is 17.8 Å². The maximum Gasteiger partial charge on any atom is 0.314 e. The monoisotopic (exact) mass is 314 g/mol. The second-order valence-electron chi connectivity index (χ2n) is 5.02. The van der Waals surface area contributed by atoms with Gasteiger partial charge in [-0.2, -0.15) is 0 Å². The summed E-state index contributed by atoms with van der Waals surface area (Å²) in [5.41, 5.74) is 2.55. The molecule has 0 bridgehead atoms. The van der Waals surface area contributed by atoms with Crippen LogP contribution in [0.4, 0.5) is 4.79 Å². The summed E-state index contributed by atoms with van der Waals surface area (Å²) in [6.45, 7) is 3.41. The normalized spacial score (nSPS) is 10.2. The number of amides is 2. The van der Waals surface area contributed by atoms with Crippen molar-refractivity contribution in [3.05, 3.63) is 65.7 Å². The van der Waals surface area contributed by atoms with Gasteiger partial charge in [0.25, 0.3) is 0 Å². The molecule has 22 heavy (non-hydrogen) atoms. The first-order valence-corrected chi connectivity index (χ1v) is 8.48. The summed E-state index contributed by atoms with van der Waals surface area (Å²) < 4.78 is 0. The molecule has 4 heteroatoms. The topological polar surface area (TPSA) is 41.1 Å². The fourth-order valence-corrected chi connectivity index (χ4v) is 2.90. The smallest absolute Gasteiger partial charge is 0.314 e. The van der Waals surface area contributed by atoms with Gasteiger partial charge in [-0.15, -0.1) is 11.8 Å². The molecule has 0 heterocycles. The number of hydrogen-bond donors (Lipinski definition) is 2. The molecule has 0 saturated carbocycles. The van der Waals surface area contributed by atoms with E-state index in [1.165, 1.54) is 16.0 Å². The first-order chi connectivity index (χ1) is 10.8. The maximum atomic E-state index is 11.7. The lowest BCUT2D eigenvalue weighted by molar-refractivity contribution is 0.241. The van der Waals surface area contributed by atoms with Gasteiger partial charge in [-0.25, -0.2) is 4.79 Å². The van der Waals surface area contributed by atoms with Crippen LogP contribution in [0.15, 0.2) is 59.5 Å². The Labute approximate surface area is 136 Å². The van der Waals surface area contributed by atoms with E-state index in [2.05, 4.69) is 41.8 Å². The Kier molecular flexibility index (Phi) is 6.84. The Morgan fingerprint density at radius 3 is 2.41 bits per heavy atom. The summed E-state index contributed by atoms with van der Waals surface area (Å²) in [5, 5.41) is 5.78. The van der Waals surface area contributed by atoms with Crippen molar-refractivity contribution in [3.63, 3.8) is 0 Å². The van der Waals surface area contributed by atoms with E-state index in [1.807, 2.05) is 30.3 Å². The molecule has 0 saturated heterocycles. The number of rotatable bonds is 7. The van der Waals surface area contributed by atoms with E-state index < -0.39 is 0 Å². The zero-order valence-corrected chi connectivity index (χ0v) is 13.7. The fourth-order valence-electron chi connectivity index (χ4n) is 2.11. The Hall–Kier alpha value is -1.94. The number of hydrogen-bond acceptors (Lipinski definition) is 2. The van der Waals surface area contributed by atoms with E-state index in [0.29, 0.717) is 13.1 Å². The van der Waals surface area contributed by atoms with Crippen LogP contribution in [0, 0.1) is 6.92 Å². The van der Waals surface area contributed by atoms with Crippen molar-refractivity contribution in [3.8, 4) is 0 Å². The Bertz CT molecular complexity index is 587. The molecule has 2 rings (SSSR count). The number of urea groups is 1. The van der Waals surface area contributed by atoms with Crippen LogP contribution in [-0.4, -0.2) is 24.9 Å². The molecule has 0 fully saturated rings. The van der Waals surface area contributed by atoms with Crippen molar-refractivity contribution < 1.29 is 4.79 Å². The molecule has 2 amide bonds. The van der Waals surface area contributed by atoms with E-state index >= 15 is 0 Å². The molecule has 2 aromatic rings. The molecular weight excluding hydrogens is 292 g/mol. The third-order valence-electron chi connectivity index (χ3n) is 3.34. The second kappa shape index (κ2) is 9.15. The largest absolute Gasteiger partial charge is 0.338 e. The van der Waals surface area contributed by atoms with Crippen LogP contribution in [0.3, 0.4) is 0 Å². The Morgan fingerprint density at radius 1 is 0.955 bits per heavy atom. The molecule has 0 atom stereocenters. The lowest BCUT2D eigenvalue weighted by atomic mass is 10.1. The molecule has 0 radical (unpaired) electrons. The van der Waals surface area contributed by atoms with E-state index in [9.17, 15) is 4.79 Å². The van der Waals surface area contributed by atoms with Gasteiger partial charge < -0.3 is 10.6 Å². The predicted octanol–water partition coefficient (Wildman–Crippen LogP) is 3.63. The number of carbonyl (C=O) groups is 1. The van der Waals surface area contributed by atoms with Gasteiger partial charge in [0.15, 0.2) is 0 Å². The summed E-state index contributed by atoms with van der Waals surface area (Å²) in [5.74, 6) is 0.870. The molecule has 0 aromatic heterocycles. The van der Waals surface area contributed by atoms with Gasteiger partial charge >= 0.3 is 6.03 Å². The first-order valence-electron chi connectivity index (χ1n) is 7.50. The molecule has 116 valence electrons. The molecular formula is C18H22N2OS. The number of benzene rings is 2. The molecule has 0 unspecified atom stereocenters. The number of nitrogens with one attached hydrogen (secondary N) is 2. The van der Waals surface area contributed by atoms with E-state index in [1.54, 1.807) is 11.8 Å². The van der Waals surface area contributed by atoms with Gasteiger partial charge in [-0.05, 0) is 36.6 Å². The van der Waals surface area contributed by atoms with E-state index in [4.69, 9.17) is 0 Å². The minimum Gasteiger partial charge on any atom is -0.338 e. The third kappa shape index (κ3) is 5.82. The van der Waals surface area contributed by atoms with Crippen molar-refractivity contribution in [2.24, 2.45) is 0 Å². The summed E-state index contributed by atoms with van der Waals surface area (Å²) in [4.78, 5) is 12.9. The molecule has 2 N–H and O–H groups in total. The summed E-state index contributed by atoms with van der Waals surface area (Å²) in [6.07, 6.45) is 0.860. The van der Waals surface area contributed by atoms with Gasteiger partial charge in [-0.1, -0.05) is 42.5 Å². The van der Waals surface area contributed by atoms with E-state index in [0.717, 1.165) is 12.2 Å². The lowest BCUT2D eigenvalue weighted by Crippen LogP contribution is -2.37. The molecule has 0 aliphatic heterocycles. The van der Waals surface area contributed by atoms with Gasteiger partial charge in [0.05, 0.1) is 0 Å². The molecule has 2 aromatic carbocycles. The molecule has 0 spiro atoms. The average Bonchev–Trinajstić information content (AvgIpc) is 2.54. The molecule has 0 aliphatic rings. The zero-order valence-electron chi connectivity index (χ0n) is 12.8. The zero-order chi connectivity index (χ0) is 15.6. The van der Waals surface area contributed by atoms with Crippen molar-refractivity contribution in [1.29, 1.82) is 0 Å². The van der Waals surface area contributed by atoms with Crippen LogP contribution in [-0.2, 0) is 6.42 Å². The van der Waals surface area contributed by atoms with Crippen molar-refractivity contribution in [2.75, 3.05) is 18.8 Å². The van der Waals surface area contributed by atoms with Crippen LogP contribution in [0.2, 0.25) is 0 Å². The minimum absolute atomic E-state index is 0.0951. The summed E-state index contributed by atoms with van der Waals surface area (Å²) >= 11 is 1.74. The maximum absolute atomic E-state index is 11.7. The van der Waals surface area contributed by atoms with Gasteiger partial charge in [0.2, 0.25) is 0 Å². The highest BCUT2D eigenvalue weighted by Gasteiger charge is 2.01. The van der Waals surface area contributed by atoms with Gasteiger partial charge in [0.1, 0.15) is 0 Å². The second-order valence-corrected chi connectivity index (χ2v) is 6.19. The van der Waals surface area contributed by atoms with Crippen LogP contribution in [0.25, 0.3) is 0 Å². The van der Waals surface area contributed by atoms with Crippen LogP contribution in [0.5, 0.6) is 0 Å². The highest BCUT2D eigenvalue weighted by Crippen LogP contribution is 2.15. The molecule has 0 aliphatic carbocycles. The van der Waals surface area contributed by atoms with Crippen LogP contribution < -0.4 is 10.6 Å². The first kappa shape index (κ1) is 16.4. The number of thioether (sulfide) groups is 1. The Balaban J connectivity index is 1.57. The quantitative estimate of drug-likeness (QED) is 0.605. The van der Waals surface area contributed by atoms with Crippen LogP contribution in [0.1, 0.15) is 11.1 Å². The SMILES string of the molecule is Cc1ccccc1CCNC(=O)NCCSc1ccccc1. The summed E-state index contributed by atoms with van der Waals surface area (Å²) in [7, 11) is 0. The van der Waals surface area contributed by atoms with E-state index in [-0.39, 0.29) is 6.03 Å². The Morgan fingerprint density at radius 2 is 1.64 bits per heavy atom. The highest BCUT2D eigenvalue weighted by atomic mass is 32.2. The molecule has 3 nitrogen and oxygen atoms in total. The van der Waals surface area contributed by atoms with Gasteiger partial charge in [-0.3, -0.25) is 0 Å². The lowest BCUT2D eigenvalue weighted by Gasteiger charge is -2.09. The average molecular weight is 314 g/mol. The van der Waals surface area contributed by atoms with Crippen molar-refractivity contribution in [1.82, 2.24) is 10.6 Å². The standard InChI is InChI=1S/C18H22N2OS/c1-15-7-5-6-8-16(15)11-12-19-18(21)20-13-14-22-17-9-3-2-4-10-17/h2-10H,11-14H2,1H3,(H2,19,20,21). The van der Waals surface area contributed by atoms with Crippen molar-refractivity contribution in [2.45, 2.75) is 18.2 Å². The minimum atomic E-state index is -0.0951.